The predicted molar refractivity (Wildman–Crippen MR) is 62.9 cm³/mol. The van der Waals surface area contributed by atoms with E-state index in [1.54, 1.807) is 0 Å². The molecule has 0 nitrogen and oxygen atoms in total. The molecule has 64 valence electrons. The summed E-state index contributed by atoms with van der Waals surface area (Å²) in [5.41, 5.74) is 3.00. The fourth-order valence-electron chi connectivity index (χ4n) is 2.16. The van der Waals surface area contributed by atoms with Crippen LogP contribution >= 0.6 is 22.6 Å². The Morgan fingerprint density at radius 2 is 1.46 bits per heavy atom. The second-order valence-electron chi connectivity index (χ2n) is 3.59. The fraction of sp³-hybridized carbons (Fsp3) is 0.167. The number of rotatable bonds is 0. The van der Waals surface area contributed by atoms with Crippen molar-refractivity contribution >= 4 is 22.6 Å². The van der Waals surface area contributed by atoms with E-state index in [2.05, 4.69) is 65.1 Å². The van der Waals surface area contributed by atoms with Crippen LogP contribution in [-0.4, -0.2) is 0 Å². The Balaban J connectivity index is 2.25. The first-order valence-corrected chi connectivity index (χ1v) is 5.58. The highest BCUT2D eigenvalue weighted by molar-refractivity contribution is 14.1. The Morgan fingerprint density at radius 1 is 0.846 bits per heavy atom. The number of benzene rings is 1. The first-order chi connectivity index (χ1) is 6.34. The summed E-state index contributed by atoms with van der Waals surface area (Å²) >= 11 is 2.38. The quantitative estimate of drug-likeness (QED) is 0.503. The number of hydrogen-bond donors (Lipinski definition) is 0. The average molecular weight is 280 g/mol. The van der Waals surface area contributed by atoms with Crippen LogP contribution in [0.3, 0.4) is 0 Å². The highest BCUT2D eigenvalue weighted by atomic mass is 127. The number of allylic oxidation sites excluding steroid dienone is 4. The van der Waals surface area contributed by atoms with Gasteiger partial charge in [0.05, 0.1) is 0 Å². The van der Waals surface area contributed by atoms with Gasteiger partial charge in [-0.1, -0.05) is 30.4 Å². The Kier molecular flexibility index (Phi) is 1.62. The molecule has 13 heavy (non-hydrogen) atoms. The monoisotopic (exact) mass is 280 g/mol. The maximum absolute atomic E-state index is 2.38. The molecule has 0 saturated heterocycles. The molecule has 0 aliphatic heterocycles. The van der Waals surface area contributed by atoms with Gasteiger partial charge in [-0.3, -0.25) is 0 Å². The molecule has 0 spiro atoms. The Labute approximate surface area is 91.5 Å². The maximum Gasteiger partial charge on any atom is 0.0202 e. The molecule has 1 aromatic carbocycles. The lowest BCUT2D eigenvalue weighted by Crippen LogP contribution is -2.11. The zero-order valence-electron chi connectivity index (χ0n) is 7.07. The molecule has 0 radical (unpaired) electrons. The summed E-state index contributed by atoms with van der Waals surface area (Å²) in [6, 6.07) is 6.77. The van der Waals surface area contributed by atoms with Gasteiger partial charge in [-0.2, -0.15) is 0 Å². The summed E-state index contributed by atoms with van der Waals surface area (Å²) in [5, 5.41) is 0. The Hall–Kier alpha value is -0.570. The van der Waals surface area contributed by atoms with Crippen LogP contribution in [0.1, 0.15) is 23.0 Å². The third kappa shape index (κ3) is 1.10. The molecule has 0 N–H and O–H groups in total. The van der Waals surface area contributed by atoms with E-state index >= 15 is 0 Å². The third-order valence-corrected chi connectivity index (χ3v) is 3.49. The van der Waals surface area contributed by atoms with Gasteiger partial charge in [0.15, 0.2) is 0 Å². The Bertz CT molecular complexity index is 401. The lowest BCUT2D eigenvalue weighted by molar-refractivity contribution is 0.876. The summed E-state index contributed by atoms with van der Waals surface area (Å²) in [7, 11) is 0. The largest absolute Gasteiger partial charge is 0.0763 e. The fourth-order valence-corrected chi connectivity index (χ4v) is 2.67. The SMILES string of the molecule is Ic1ccc2c(c1)C1C=CC2C=C1. The first kappa shape index (κ1) is 7.80. The maximum atomic E-state index is 2.38. The minimum Gasteiger partial charge on any atom is -0.0763 e. The van der Waals surface area contributed by atoms with Crippen LogP contribution in [0.2, 0.25) is 0 Å². The standard InChI is InChI=1S/C12H9I/c13-10-5-6-11-8-1-3-9(4-2-8)12(11)7-10/h1-9H. The van der Waals surface area contributed by atoms with Crippen LogP contribution in [0.4, 0.5) is 0 Å². The van der Waals surface area contributed by atoms with Crippen LogP contribution in [0.15, 0.2) is 42.5 Å². The number of halogens is 1. The van der Waals surface area contributed by atoms with Gasteiger partial charge in [0.2, 0.25) is 0 Å². The molecular formula is C12H9I. The average Bonchev–Trinajstić information content (AvgIpc) is 2.19. The van der Waals surface area contributed by atoms with Gasteiger partial charge in [-0.15, -0.1) is 0 Å². The van der Waals surface area contributed by atoms with Crippen molar-refractivity contribution in [2.24, 2.45) is 0 Å². The van der Waals surface area contributed by atoms with Crippen LogP contribution in [0.25, 0.3) is 0 Å². The van der Waals surface area contributed by atoms with Crippen molar-refractivity contribution in [1.82, 2.24) is 0 Å². The molecule has 1 heteroatoms. The lowest BCUT2D eigenvalue weighted by atomic mass is 9.77. The van der Waals surface area contributed by atoms with Crippen molar-refractivity contribution in [3.8, 4) is 0 Å². The van der Waals surface area contributed by atoms with E-state index in [0.717, 1.165) is 0 Å². The minimum absolute atomic E-state index is 0.537. The van der Waals surface area contributed by atoms with E-state index in [4.69, 9.17) is 0 Å². The van der Waals surface area contributed by atoms with Crippen molar-refractivity contribution in [3.63, 3.8) is 0 Å². The van der Waals surface area contributed by atoms with E-state index in [1.165, 1.54) is 14.7 Å². The van der Waals surface area contributed by atoms with E-state index in [9.17, 15) is 0 Å². The molecule has 4 rings (SSSR count). The van der Waals surface area contributed by atoms with E-state index in [0.29, 0.717) is 11.8 Å². The topological polar surface area (TPSA) is 0 Å². The highest BCUT2D eigenvalue weighted by Gasteiger charge is 2.23. The second kappa shape index (κ2) is 2.71. The smallest absolute Gasteiger partial charge is 0.0202 e. The molecule has 0 fully saturated rings. The summed E-state index contributed by atoms with van der Waals surface area (Å²) in [6.07, 6.45) is 9.23. The lowest BCUT2D eigenvalue weighted by Gasteiger charge is -2.28. The summed E-state index contributed by atoms with van der Waals surface area (Å²) in [6.45, 7) is 0. The van der Waals surface area contributed by atoms with Crippen molar-refractivity contribution in [3.05, 3.63) is 57.2 Å². The molecule has 0 aromatic heterocycles. The van der Waals surface area contributed by atoms with E-state index in [1.807, 2.05) is 0 Å². The normalized spacial score (nSPS) is 27.8. The van der Waals surface area contributed by atoms with Crippen molar-refractivity contribution in [1.29, 1.82) is 0 Å². The molecule has 3 aliphatic carbocycles. The van der Waals surface area contributed by atoms with Crippen LogP contribution in [0, 0.1) is 3.57 Å². The second-order valence-corrected chi connectivity index (χ2v) is 4.84. The highest BCUT2D eigenvalue weighted by Crippen LogP contribution is 2.40. The Morgan fingerprint density at radius 3 is 2.15 bits per heavy atom. The van der Waals surface area contributed by atoms with E-state index in [-0.39, 0.29) is 0 Å². The molecular weight excluding hydrogens is 271 g/mol. The predicted octanol–water partition coefficient (Wildman–Crippen LogP) is 3.60. The molecule has 0 unspecified atom stereocenters. The van der Waals surface area contributed by atoms with Crippen LogP contribution in [-0.2, 0) is 0 Å². The molecule has 0 heterocycles. The van der Waals surface area contributed by atoms with Gasteiger partial charge < -0.3 is 0 Å². The molecule has 0 amide bonds. The zero-order valence-corrected chi connectivity index (χ0v) is 9.23. The van der Waals surface area contributed by atoms with Gasteiger partial charge in [-0.05, 0) is 45.9 Å². The van der Waals surface area contributed by atoms with Gasteiger partial charge >= 0.3 is 0 Å². The molecule has 0 saturated carbocycles. The molecule has 3 aliphatic rings. The summed E-state index contributed by atoms with van der Waals surface area (Å²) < 4.78 is 1.34. The summed E-state index contributed by atoms with van der Waals surface area (Å²) in [5.74, 6) is 1.08. The van der Waals surface area contributed by atoms with Gasteiger partial charge in [0.1, 0.15) is 0 Å². The molecule has 2 bridgehead atoms. The minimum atomic E-state index is 0.537. The van der Waals surface area contributed by atoms with Crippen molar-refractivity contribution in [2.75, 3.05) is 0 Å². The molecule has 1 aromatic rings. The van der Waals surface area contributed by atoms with Gasteiger partial charge in [-0.25, -0.2) is 0 Å². The molecule has 0 atom stereocenters. The van der Waals surface area contributed by atoms with Gasteiger partial charge in [0, 0.05) is 15.4 Å². The zero-order chi connectivity index (χ0) is 8.84. The third-order valence-electron chi connectivity index (χ3n) is 2.82. The van der Waals surface area contributed by atoms with Crippen LogP contribution in [0.5, 0.6) is 0 Å². The first-order valence-electron chi connectivity index (χ1n) is 4.50. The number of hydrogen-bond acceptors (Lipinski definition) is 0. The summed E-state index contributed by atoms with van der Waals surface area (Å²) in [4.78, 5) is 0. The van der Waals surface area contributed by atoms with Gasteiger partial charge in [0.25, 0.3) is 0 Å². The van der Waals surface area contributed by atoms with Crippen LogP contribution < -0.4 is 0 Å². The van der Waals surface area contributed by atoms with Crippen molar-refractivity contribution in [2.45, 2.75) is 11.8 Å². The van der Waals surface area contributed by atoms with E-state index < -0.39 is 0 Å². The van der Waals surface area contributed by atoms with Crippen molar-refractivity contribution < 1.29 is 0 Å².